The van der Waals surface area contributed by atoms with Crippen molar-refractivity contribution in [2.75, 3.05) is 17.9 Å². The van der Waals surface area contributed by atoms with Crippen molar-refractivity contribution in [1.82, 2.24) is 5.32 Å². The summed E-state index contributed by atoms with van der Waals surface area (Å²) in [7, 11) is -1.90. The molecule has 2 aliphatic rings. The van der Waals surface area contributed by atoms with Crippen LogP contribution in [0, 0.1) is 5.92 Å². The van der Waals surface area contributed by atoms with E-state index in [9.17, 15) is 8.42 Å². The third kappa shape index (κ3) is 3.50. The first-order chi connectivity index (χ1) is 12.0. The number of benzene rings is 1. The number of fused-ring (bicyclic) bond motifs is 2. The fraction of sp³-hybridized carbons (Fsp3) is 0.474. The number of rotatable bonds is 5. The topological polar surface area (TPSA) is 49.4 Å². The zero-order valence-electron chi connectivity index (χ0n) is 14.7. The summed E-state index contributed by atoms with van der Waals surface area (Å²) in [4.78, 5) is 0. The lowest BCUT2D eigenvalue weighted by atomic mass is 9.86. The van der Waals surface area contributed by atoms with Crippen molar-refractivity contribution < 1.29 is 8.42 Å². The van der Waals surface area contributed by atoms with E-state index in [1.54, 1.807) is 13.1 Å². The zero-order valence-corrected chi connectivity index (χ0v) is 16.2. The first kappa shape index (κ1) is 18.5. The first-order valence-electron chi connectivity index (χ1n) is 8.82. The molecular formula is C19H25ClN2O2S. The number of hydrogen-bond donors (Lipinski definition) is 1. The second kappa shape index (κ2) is 7.52. The van der Waals surface area contributed by atoms with E-state index in [0.717, 1.165) is 37.1 Å². The van der Waals surface area contributed by atoms with Crippen molar-refractivity contribution in [1.29, 1.82) is 0 Å². The molecule has 0 fully saturated rings. The number of para-hydroxylation sites is 1. The minimum atomic E-state index is -3.53. The van der Waals surface area contributed by atoms with E-state index in [-0.39, 0.29) is 12.0 Å². The second-order valence-electron chi connectivity index (χ2n) is 6.66. The molecule has 3 unspecified atom stereocenters. The van der Waals surface area contributed by atoms with Gasteiger partial charge in [-0.25, -0.2) is 8.42 Å². The van der Waals surface area contributed by atoms with Gasteiger partial charge in [0.05, 0.1) is 5.69 Å². The number of sulfonamides is 1. The number of anilines is 1. The number of halogens is 1. The monoisotopic (exact) mass is 380 g/mol. The van der Waals surface area contributed by atoms with Gasteiger partial charge in [-0.05, 0) is 36.7 Å². The molecule has 25 heavy (non-hydrogen) atoms. The predicted molar refractivity (Wildman–Crippen MR) is 104 cm³/mol. The Morgan fingerprint density at radius 1 is 1.24 bits per heavy atom. The summed E-state index contributed by atoms with van der Waals surface area (Å²) in [6.45, 7) is 3.04. The summed E-state index contributed by atoms with van der Waals surface area (Å²) in [6, 6.07) is 7.69. The van der Waals surface area contributed by atoms with Crippen LogP contribution in [0.2, 0.25) is 0 Å². The van der Waals surface area contributed by atoms with Gasteiger partial charge in [0.15, 0.2) is 0 Å². The molecule has 1 aliphatic carbocycles. The maximum Gasteiger partial charge on any atom is 0.242 e. The van der Waals surface area contributed by atoms with E-state index in [0.29, 0.717) is 5.03 Å². The third-order valence-electron chi connectivity index (χ3n) is 5.05. The molecule has 1 heterocycles. The van der Waals surface area contributed by atoms with Crippen LogP contribution in [-0.2, 0) is 10.0 Å². The van der Waals surface area contributed by atoms with Gasteiger partial charge in [-0.15, -0.1) is 0 Å². The van der Waals surface area contributed by atoms with E-state index in [1.165, 1.54) is 4.31 Å². The van der Waals surface area contributed by atoms with Crippen LogP contribution < -0.4 is 9.62 Å². The van der Waals surface area contributed by atoms with Crippen molar-refractivity contribution in [3.8, 4) is 0 Å². The van der Waals surface area contributed by atoms with Gasteiger partial charge in [-0.2, -0.15) is 0 Å². The van der Waals surface area contributed by atoms with Crippen molar-refractivity contribution in [2.24, 2.45) is 5.92 Å². The van der Waals surface area contributed by atoms with Crippen LogP contribution in [0.3, 0.4) is 0 Å². The van der Waals surface area contributed by atoms with Crippen LogP contribution in [0.15, 0.2) is 47.5 Å². The molecule has 0 radical (unpaired) electrons. The number of nitrogens with zero attached hydrogens (tertiary/aromatic N) is 1. The first-order valence-corrected chi connectivity index (χ1v) is 10.7. The fourth-order valence-corrected chi connectivity index (χ4v) is 5.72. The van der Waals surface area contributed by atoms with Crippen molar-refractivity contribution in [2.45, 2.75) is 37.5 Å². The highest BCUT2D eigenvalue weighted by atomic mass is 35.5. The molecule has 0 amide bonds. The fourth-order valence-electron chi connectivity index (χ4n) is 3.66. The van der Waals surface area contributed by atoms with E-state index < -0.39 is 15.3 Å². The van der Waals surface area contributed by atoms with Gasteiger partial charge < -0.3 is 5.32 Å². The van der Waals surface area contributed by atoms with Crippen LogP contribution in [-0.4, -0.2) is 27.3 Å². The van der Waals surface area contributed by atoms with Gasteiger partial charge in [-0.1, -0.05) is 55.6 Å². The molecule has 6 heteroatoms. The van der Waals surface area contributed by atoms with Gasteiger partial charge in [0.2, 0.25) is 10.0 Å². The Kier molecular flexibility index (Phi) is 5.56. The predicted octanol–water partition coefficient (Wildman–Crippen LogP) is 3.96. The second-order valence-corrected chi connectivity index (χ2v) is 9.22. The minimum Gasteiger partial charge on any atom is -0.309 e. The molecule has 1 aromatic carbocycles. The largest absolute Gasteiger partial charge is 0.309 e. The summed E-state index contributed by atoms with van der Waals surface area (Å²) in [5.74, 6) is -0.180. The van der Waals surface area contributed by atoms with Gasteiger partial charge in [0, 0.05) is 24.0 Å². The highest BCUT2D eigenvalue weighted by molar-refractivity contribution is 7.93. The van der Waals surface area contributed by atoms with Crippen LogP contribution in [0.5, 0.6) is 0 Å². The molecule has 3 atom stereocenters. The van der Waals surface area contributed by atoms with Crippen LogP contribution in [0.1, 0.15) is 37.8 Å². The minimum absolute atomic E-state index is 0.0601. The van der Waals surface area contributed by atoms with Crippen molar-refractivity contribution in [3.05, 3.63) is 53.1 Å². The Morgan fingerprint density at radius 2 is 2.00 bits per heavy atom. The average Bonchev–Trinajstić information content (AvgIpc) is 2.67. The Balaban J connectivity index is 2.05. The van der Waals surface area contributed by atoms with Crippen molar-refractivity contribution >= 4 is 27.3 Å². The van der Waals surface area contributed by atoms with E-state index in [2.05, 4.69) is 12.2 Å². The SMILES string of the molecule is CCCCCNC1c2ccccc2N(C)S(=O)(=O)C2C=C(Cl)C=CC12. The van der Waals surface area contributed by atoms with Crippen LogP contribution in [0.25, 0.3) is 0 Å². The van der Waals surface area contributed by atoms with E-state index in [4.69, 9.17) is 11.6 Å². The molecule has 136 valence electrons. The summed E-state index contributed by atoms with van der Waals surface area (Å²) >= 11 is 6.14. The number of hydrogen-bond acceptors (Lipinski definition) is 3. The molecular weight excluding hydrogens is 356 g/mol. The van der Waals surface area contributed by atoms with E-state index in [1.807, 2.05) is 36.4 Å². The van der Waals surface area contributed by atoms with Gasteiger partial charge in [-0.3, -0.25) is 4.31 Å². The molecule has 3 rings (SSSR count). The maximum atomic E-state index is 13.2. The number of nitrogens with one attached hydrogen (secondary N) is 1. The lowest BCUT2D eigenvalue weighted by Crippen LogP contribution is -2.41. The highest BCUT2D eigenvalue weighted by Gasteiger charge is 2.44. The molecule has 0 saturated carbocycles. The van der Waals surface area contributed by atoms with Gasteiger partial charge >= 0.3 is 0 Å². The number of unbranched alkanes of at least 4 members (excludes halogenated alkanes) is 2. The van der Waals surface area contributed by atoms with Crippen molar-refractivity contribution in [3.63, 3.8) is 0 Å². The molecule has 1 N–H and O–H groups in total. The van der Waals surface area contributed by atoms with Gasteiger partial charge in [0.1, 0.15) is 5.25 Å². The molecule has 1 aliphatic heterocycles. The maximum absolute atomic E-state index is 13.2. The Morgan fingerprint density at radius 3 is 2.76 bits per heavy atom. The standard InChI is InChI=1S/C19H25ClN2O2S/c1-3-4-7-12-21-19-15-8-5-6-9-17(15)22(2)25(23,24)18-13-14(20)10-11-16(18)19/h5-6,8-11,13,16,18-19,21H,3-4,7,12H2,1-2H3. The quantitative estimate of drug-likeness (QED) is 0.786. The Bertz CT molecular complexity index is 788. The van der Waals surface area contributed by atoms with E-state index >= 15 is 0 Å². The third-order valence-corrected chi connectivity index (χ3v) is 7.40. The Hall–Kier alpha value is -1.30. The summed E-state index contributed by atoms with van der Waals surface area (Å²) in [5, 5.41) is 3.43. The number of allylic oxidation sites excluding steroid dienone is 2. The molecule has 0 spiro atoms. The molecule has 1 aromatic rings. The molecule has 0 aromatic heterocycles. The van der Waals surface area contributed by atoms with Gasteiger partial charge in [0.25, 0.3) is 0 Å². The van der Waals surface area contributed by atoms with Crippen LogP contribution in [0.4, 0.5) is 5.69 Å². The zero-order chi connectivity index (χ0) is 18.0. The average molecular weight is 381 g/mol. The highest BCUT2D eigenvalue weighted by Crippen LogP contribution is 2.43. The molecule has 0 saturated heterocycles. The summed E-state index contributed by atoms with van der Waals surface area (Å²) in [6.07, 6.45) is 8.82. The summed E-state index contributed by atoms with van der Waals surface area (Å²) in [5.41, 5.74) is 1.76. The molecule has 0 bridgehead atoms. The lowest BCUT2D eigenvalue weighted by molar-refractivity contribution is 0.415. The Labute approximate surface area is 155 Å². The lowest BCUT2D eigenvalue weighted by Gasteiger charge is -2.30. The normalized spacial score (nSPS) is 27.2. The smallest absolute Gasteiger partial charge is 0.242 e. The summed E-state index contributed by atoms with van der Waals surface area (Å²) < 4.78 is 27.7. The van der Waals surface area contributed by atoms with Crippen LogP contribution >= 0.6 is 11.6 Å². The molecule has 4 nitrogen and oxygen atoms in total.